The molecule has 0 unspecified atom stereocenters. The van der Waals surface area contributed by atoms with Gasteiger partial charge in [0.15, 0.2) is 0 Å². The van der Waals surface area contributed by atoms with E-state index in [1.54, 1.807) is 12.1 Å². The number of alkyl halides is 3. The van der Waals surface area contributed by atoms with Crippen LogP contribution in [0.2, 0.25) is 0 Å². The summed E-state index contributed by atoms with van der Waals surface area (Å²) in [5, 5.41) is 3.64. The zero-order valence-corrected chi connectivity index (χ0v) is 16.0. The summed E-state index contributed by atoms with van der Waals surface area (Å²) in [6.07, 6.45) is -0.817. The number of nitrogens with one attached hydrogen (secondary N) is 1. The minimum absolute atomic E-state index is 0.362. The lowest BCUT2D eigenvalue weighted by atomic mass is 9.96. The van der Waals surface area contributed by atoms with Crippen LogP contribution in [-0.4, -0.2) is 30.6 Å². The number of benzene rings is 2. The molecule has 0 amide bonds. The maximum absolute atomic E-state index is 12.7. The molecule has 28 heavy (non-hydrogen) atoms. The van der Waals surface area contributed by atoms with E-state index >= 15 is 0 Å². The number of hydrogen-bond acceptors (Lipinski definition) is 2. The van der Waals surface area contributed by atoms with Crippen molar-refractivity contribution in [3.8, 4) is 0 Å². The molecule has 1 aliphatic carbocycles. The van der Waals surface area contributed by atoms with Crippen LogP contribution in [0.15, 0.2) is 54.6 Å². The van der Waals surface area contributed by atoms with E-state index in [1.165, 1.54) is 30.5 Å². The van der Waals surface area contributed by atoms with Crippen LogP contribution in [-0.2, 0) is 12.7 Å². The minimum Gasteiger partial charge on any atom is -0.313 e. The molecule has 0 radical (unpaired) electrons. The maximum atomic E-state index is 12.7. The van der Waals surface area contributed by atoms with Crippen molar-refractivity contribution in [1.29, 1.82) is 0 Å². The highest BCUT2D eigenvalue weighted by atomic mass is 19.4. The Balaban J connectivity index is 1.18. The fraction of sp³-hybridized carbons (Fsp3) is 0.478. The van der Waals surface area contributed by atoms with Gasteiger partial charge in [-0.25, -0.2) is 0 Å². The summed E-state index contributed by atoms with van der Waals surface area (Å²) < 4.78 is 38.0. The van der Waals surface area contributed by atoms with Crippen LogP contribution in [0.1, 0.15) is 41.9 Å². The van der Waals surface area contributed by atoms with E-state index in [2.05, 4.69) is 40.5 Å². The van der Waals surface area contributed by atoms with E-state index in [-0.39, 0.29) is 0 Å². The van der Waals surface area contributed by atoms with E-state index in [0.29, 0.717) is 17.9 Å². The second-order valence-corrected chi connectivity index (χ2v) is 8.18. The summed E-state index contributed by atoms with van der Waals surface area (Å²) in [4.78, 5) is 2.52. The van der Waals surface area contributed by atoms with Crippen LogP contribution in [0, 0.1) is 5.92 Å². The van der Waals surface area contributed by atoms with Crippen molar-refractivity contribution >= 4 is 0 Å². The Morgan fingerprint density at radius 1 is 0.929 bits per heavy atom. The predicted octanol–water partition coefficient (Wildman–Crippen LogP) is 5.06. The lowest BCUT2D eigenvalue weighted by molar-refractivity contribution is -0.137. The largest absolute Gasteiger partial charge is 0.416 e. The molecular formula is C23H27F3N2. The number of rotatable bonds is 6. The van der Waals surface area contributed by atoms with Gasteiger partial charge in [0.1, 0.15) is 0 Å². The second kappa shape index (κ2) is 8.26. The molecule has 2 atom stereocenters. The van der Waals surface area contributed by atoms with Gasteiger partial charge in [-0.05, 0) is 68.1 Å². The maximum Gasteiger partial charge on any atom is 0.416 e. The van der Waals surface area contributed by atoms with Crippen molar-refractivity contribution in [2.75, 3.05) is 19.6 Å². The Kier molecular flexibility index (Phi) is 5.74. The van der Waals surface area contributed by atoms with Gasteiger partial charge in [-0.1, -0.05) is 42.5 Å². The van der Waals surface area contributed by atoms with E-state index in [9.17, 15) is 13.2 Å². The topological polar surface area (TPSA) is 15.3 Å². The lowest BCUT2D eigenvalue weighted by Gasteiger charge is -2.32. The van der Waals surface area contributed by atoms with Gasteiger partial charge in [-0.15, -0.1) is 0 Å². The third-order valence-corrected chi connectivity index (χ3v) is 6.08. The summed E-state index contributed by atoms with van der Waals surface area (Å²) in [5.74, 6) is 1.06. The Labute approximate surface area is 164 Å². The molecule has 5 heteroatoms. The fourth-order valence-electron chi connectivity index (χ4n) is 4.22. The van der Waals surface area contributed by atoms with Crippen LogP contribution in [0.5, 0.6) is 0 Å². The smallest absolute Gasteiger partial charge is 0.313 e. The molecule has 2 nitrogen and oxygen atoms in total. The Morgan fingerprint density at radius 2 is 1.61 bits per heavy atom. The average molecular weight is 388 g/mol. The predicted molar refractivity (Wildman–Crippen MR) is 105 cm³/mol. The SMILES string of the molecule is FC(F)(F)c1ccc([C@@H]2C[C@H]2NCC2CCN(Cc3ccccc3)CC2)cc1. The highest BCUT2D eigenvalue weighted by Gasteiger charge is 2.39. The van der Waals surface area contributed by atoms with Gasteiger partial charge >= 0.3 is 6.18 Å². The second-order valence-electron chi connectivity index (χ2n) is 8.18. The Hall–Kier alpha value is -1.85. The first-order valence-corrected chi connectivity index (χ1v) is 10.2. The molecule has 0 bridgehead atoms. The summed E-state index contributed by atoms with van der Waals surface area (Å²) in [6, 6.07) is 16.7. The van der Waals surface area contributed by atoms with Gasteiger partial charge in [-0.3, -0.25) is 4.90 Å². The van der Waals surface area contributed by atoms with Crippen molar-refractivity contribution in [2.24, 2.45) is 5.92 Å². The molecule has 1 saturated heterocycles. The van der Waals surface area contributed by atoms with Crippen LogP contribution in [0.3, 0.4) is 0 Å². The van der Waals surface area contributed by atoms with Gasteiger partial charge in [0, 0.05) is 18.5 Å². The normalized spacial score (nSPS) is 23.7. The highest BCUT2D eigenvalue weighted by molar-refractivity contribution is 5.32. The van der Waals surface area contributed by atoms with Gasteiger partial charge in [-0.2, -0.15) is 13.2 Å². The summed E-state index contributed by atoms with van der Waals surface area (Å²) in [6.45, 7) is 4.31. The van der Waals surface area contributed by atoms with Gasteiger partial charge in [0.25, 0.3) is 0 Å². The molecule has 1 heterocycles. The molecular weight excluding hydrogens is 361 g/mol. The molecule has 0 spiro atoms. The molecule has 2 aliphatic rings. The third-order valence-electron chi connectivity index (χ3n) is 6.08. The first-order valence-electron chi connectivity index (χ1n) is 10.2. The molecule has 2 aromatic rings. The number of nitrogens with zero attached hydrogens (tertiary/aromatic N) is 1. The average Bonchev–Trinajstić information content (AvgIpc) is 3.47. The van der Waals surface area contributed by atoms with Crippen LogP contribution in [0.25, 0.3) is 0 Å². The van der Waals surface area contributed by atoms with Gasteiger partial charge in [0.05, 0.1) is 5.56 Å². The first-order chi connectivity index (χ1) is 13.5. The molecule has 2 fully saturated rings. The Bertz CT molecular complexity index is 750. The first kappa shape index (κ1) is 19.5. The number of hydrogen-bond donors (Lipinski definition) is 1. The van der Waals surface area contributed by atoms with Crippen LogP contribution >= 0.6 is 0 Å². The molecule has 1 saturated carbocycles. The molecule has 0 aromatic heterocycles. The van der Waals surface area contributed by atoms with E-state index in [4.69, 9.17) is 0 Å². The lowest BCUT2D eigenvalue weighted by Crippen LogP contribution is -2.37. The third kappa shape index (κ3) is 4.95. The van der Waals surface area contributed by atoms with Gasteiger partial charge in [0.2, 0.25) is 0 Å². The van der Waals surface area contributed by atoms with Crippen molar-refractivity contribution in [1.82, 2.24) is 10.2 Å². The van der Waals surface area contributed by atoms with E-state index < -0.39 is 11.7 Å². The van der Waals surface area contributed by atoms with E-state index in [1.807, 2.05) is 0 Å². The highest BCUT2D eigenvalue weighted by Crippen LogP contribution is 2.42. The quantitative estimate of drug-likeness (QED) is 0.744. The Morgan fingerprint density at radius 3 is 2.25 bits per heavy atom. The summed E-state index contributed by atoms with van der Waals surface area (Å²) >= 11 is 0. The monoisotopic (exact) mass is 388 g/mol. The number of likely N-dealkylation sites (tertiary alicyclic amines) is 1. The molecule has 4 rings (SSSR count). The molecule has 150 valence electrons. The fourth-order valence-corrected chi connectivity index (χ4v) is 4.22. The van der Waals surface area contributed by atoms with Crippen molar-refractivity contribution in [2.45, 2.75) is 43.9 Å². The minimum atomic E-state index is -4.25. The van der Waals surface area contributed by atoms with Crippen molar-refractivity contribution in [3.05, 3.63) is 71.3 Å². The number of piperidine rings is 1. The standard InChI is InChI=1S/C23H27F3N2/c24-23(25,26)20-8-6-19(7-9-20)21-14-22(21)27-15-17-10-12-28(13-11-17)16-18-4-2-1-3-5-18/h1-9,17,21-22,27H,10-16H2/t21-,22+/m0/s1. The van der Waals surface area contributed by atoms with Crippen LogP contribution < -0.4 is 5.32 Å². The molecule has 1 aliphatic heterocycles. The zero-order valence-electron chi connectivity index (χ0n) is 16.0. The van der Waals surface area contributed by atoms with Crippen molar-refractivity contribution in [3.63, 3.8) is 0 Å². The van der Waals surface area contributed by atoms with Crippen LogP contribution in [0.4, 0.5) is 13.2 Å². The van der Waals surface area contributed by atoms with Gasteiger partial charge < -0.3 is 5.32 Å². The number of halogens is 3. The molecule has 2 aromatic carbocycles. The van der Waals surface area contributed by atoms with E-state index in [0.717, 1.165) is 38.2 Å². The summed E-state index contributed by atoms with van der Waals surface area (Å²) in [7, 11) is 0. The molecule has 1 N–H and O–H groups in total. The zero-order chi connectivity index (χ0) is 19.6. The van der Waals surface area contributed by atoms with Crippen molar-refractivity contribution < 1.29 is 13.2 Å². The summed E-state index contributed by atoms with van der Waals surface area (Å²) in [5.41, 5.74) is 1.82.